The summed E-state index contributed by atoms with van der Waals surface area (Å²) in [6.45, 7) is 6.42. The number of benzene rings is 2. The smallest absolute Gasteiger partial charge is 0.426 e. The number of hydrogen-bond acceptors (Lipinski definition) is 3. The second-order valence-corrected chi connectivity index (χ2v) is 6.84. The van der Waals surface area contributed by atoms with E-state index in [4.69, 9.17) is 4.74 Å². The number of rotatable bonds is 3. The second-order valence-electron chi connectivity index (χ2n) is 6.84. The van der Waals surface area contributed by atoms with Gasteiger partial charge in [0.25, 0.3) is 0 Å². The Balaban J connectivity index is 2.44. The summed E-state index contributed by atoms with van der Waals surface area (Å²) < 4.78 is 53.7. The van der Waals surface area contributed by atoms with Gasteiger partial charge >= 0.3 is 12.1 Å². The number of carbonyl (C=O) groups is 1. The van der Waals surface area contributed by atoms with Crippen molar-refractivity contribution in [2.24, 2.45) is 0 Å². The summed E-state index contributed by atoms with van der Waals surface area (Å²) in [6, 6.07) is 6.35. The highest BCUT2D eigenvalue weighted by Gasteiger charge is 2.64. The van der Waals surface area contributed by atoms with Gasteiger partial charge in [-0.25, -0.2) is 4.79 Å². The first-order valence-electron chi connectivity index (χ1n) is 8.56. The van der Waals surface area contributed by atoms with Gasteiger partial charge in [0.05, 0.1) is 7.11 Å². The summed E-state index contributed by atoms with van der Waals surface area (Å²) >= 11 is 0. The van der Waals surface area contributed by atoms with Crippen LogP contribution in [0.15, 0.2) is 24.3 Å². The van der Waals surface area contributed by atoms with Gasteiger partial charge in [-0.3, -0.25) is 0 Å². The monoisotopic (exact) mass is 378 g/mol. The van der Waals surface area contributed by atoms with Crippen LogP contribution in [0.2, 0.25) is 0 Å². The quantitative estimate of drug-likeness (QED) is 0.713. The molecule has 0 saturated carbocycles. The van der Waals surface area contributed by atoms with Crippen molar-refractivity contribution in [2.75, 3.05) is 13.7 Å². The molecule has 3 rings (SSSR count). The molecule has 1 atom stereocenters. The predicted octanol–water partition coefficient (Wildman–Crippen LogP) is 4.90. The fourth-order valence-corrected chi connectivity index (χ4v) is 3.98. The maximum atomic E-state index is 14.6. The number of halogens is 3. The highest BCUT2D eigenvalue weighted by Crippen LogP contribution is 2.59. The lowest BCUT2D eigenvalue weighted by Gasteiger charge is -2.35. The van der Waals surface area contributed by atoms with E-state index in [2.05, 4.69) is 4.74 Å². The Labute approximate surface area is 156 Å². The highest BCUT2D eigenvalue weighted by atomic mass is 19.4. The van der Waals surface area contributed by atoms with E-state index < -0.39 is 24.4 Å². The first kappa shape index (κ1) is 19.4. The number of esters is 1. The van der Waals surface area contributed by atoms with Gasteiger partial charge in [0, 0.05) is 11.1 Å². The van der Waals surface area contributed by atoms with Gasteiger partial charge in [-0.05, 0) is 61.1 Å². The molecule has 0 amide bonds. The standard InChI is InChI=1S/C21H21F3O3/c1-11-12(2)14(4)19-18(13(11)3)15-8-6-7-9-16(15)20(19,21(22,23)24)27-10-17(25)26-5/h6-9H,10H2,1-5H3. The molecule has 144 valence electrons. The normalized spacial score (nSPS) is 18.2. The minimum atomic E-state index is -4.76. The van der Waals surface area contributed by atoms with Crippen LogP contribution in [0.5, 0.6) is 0 Å². The molecule has 0 radical (unpaired) electrons. The fourth-order valence-electron chi connectivity index (χ4n) is 3.98. The first-order valence-corrected chi connectivity index (χ1v) is 8.56. The lowest BCUT2D eigenvalue weighted by molar-refractivity contribution is -0.265. The summed E-state index contributed by atoms with van der Waals surface area (Å²) in [4.78, 5) is 11.6. The maximum absolute atomic E-state index is 14.6. The molecule has 2 aromatic rings. The van der Waals surface area contributed by atoms with Gasteiger partial charge < -0.3 is 9.47 Å². The molecule has 1 aliphatic rings. The Kier molecular flexibility index (Phi) is 4.58. The van der Waals surface area contributed by atoms with Gasteiger partial charge in [0.15, 0.2) is 0 Å². The molecule has 3 nitrogen and oxygen atoms in total. The van der Waals surface area contributed by atoms with Crippen LogP contribution in [-0.4, -0.2) is 25.9 Å². The third kappa shape index (κ3) is 2.57. The van der Waals surface area contributed by atoms with Crippen molar-refractivity contribution >= 4 is 5.97 Å². The molecule has 0 aliphatic heterocycles. The molecule has 6 heteroatoms. The zero-order valence-corrected chi connectivity index (χ0v) is 15.9. The summed E-state index contributed by atoms with van der Waals surface area (Å²) in [6.07, 6.45) is -4.76. The van der Waals surface area contributed by atoms with Crippen molar-refractivity contribution in [1.29, 1.82) is 0 Å². The van der Waals surface area contributed by atoms with Crippen LogP contribution in [0.25, 0.3) is 11.1 Å². The third-order valence-corrected chi connectivity index (χ3v) is 5.65. The van der Waals surface area contributed by atoms with Crippen molar-refractivity contribution in [2.45, 2.75) is 39.5 Å². The SMILES string of the molecule is COC(=O)COC1(C(F)(F)F)c2ccccc2-c2c(C)c(C)c(C)c(C)c21. The van der Waals surface area contributed by atoms with Gasteiger partial charge in [0.1, 0.15) is 6.61 Å². The predicted molar refractivity (Wildman–Crippen MR) is 95.6 cm³/mol. The third-order valence-electron chi connectivity index (χ3n) is 5.65. The van der Waals surface area contributed by atoms with Crippen LogP contribution >= 0.6 is 0 Å². The average molecular weight is 378 g/mol. The van der Waals surface area contributed by atoms with E-state index in [9.17, 15) is 18.0 Å². The second kappa shape index (κ2) is 6.37. The van der Waals surface area contributed by atoms with Crippen LogP contribution in [0.4, 0.5) is 13.2 Å². The molecule has 1 unspecified atom stereocenters. The Morgan fingerprint density at radius 3 is 2.19 bits per heavy atom. The molecule has 0 bridgehead atoms. The van der Waals surface area contributed by atoms with Gasteiger partial charge in [-0.15, -0.1) is 0 Å². The van der Waals surface area contributed by atoms with Crippen LogP contribution < -0.4 is 0 Å². The molecule has 27 heavy (non-hydrogen) atoms. The lowest BCUT2D eigenvalue weighted by Crippen LogP contribution is -2.46. The van der Waals surface area contributed by atoms with E-state index in [1.807, 2.05) is 20.8 Å². The van der Waals surface area contributed by atoms with Crippen molar-refractivity contribution in [1.82, 2.24) is 0 Å². The molecule has 0 saturated heterocycles. The zero-order chi connectivity index (χ0) is 20.1. The Hall–Kier alpha value is -2.34. The molecular weight excluding hydrogens is 357 g/mol. The van der Waals surface area contributed by atoms with E-state index in [0.29, 0.717) is 16.7 Å². The van der Waals surface area contributed by atoms with Gasteiger partial charge in [0.2, 0.25) is 5.60 Å². The van der Waals surface area contributed by atoms with Crippen LogP contribution in [0.1, 0.15) is 33.4 Å². The van der Waals surface area contributed by atoms with E-state index in [1.165, 1.54) is 6.07 Å². The molecule has 0 heterocycles. The zero-order valence-electron chi connectivity index (χ0n) is 15.9. The first-order chi connectivity index (χ1) is 12.6. The summed E-state index contributed by atoms with van der Waals surface area (Å²) in [5.41, 5.74) is 1.43. The van der Waals surface area contributed by atoms with Crippen molar-refractivity contribution in [3.63, 3.8) is 0 Å². The van der Waals surface area contributed by atoms with Crippen LogP contribution in [0.3, 0.4) is 0 Å². The molecule has 0 spiro atoms. The maximum Gasteiger partial charge on any atom is 0.426 e. The summed E-state index contributed by atoms with van der Waals surface area (Å²) in [7, 11) is 1.12. The molecular formula is C21H21F3O3. The molecule has 0 aromatic heterocycles. The molecule has 1 aliphatic carbocycles. The lowest BCUT2D eigenvalue weighted by atomic mass is 9.83. The van der Waals surface area contributed by atoms with E-state index in [-0.39, 0.29) is 11.1 Å². The minimum absolute atomic E-state index is 0.00704. The topological polar surface area (TPSA) is 35.5 Å². The average Bonchev–Trinajstić information content (AvgIpc) is 2.94. The number of carbonyl (C=O) groups excluding carboxylic acids is 1. The van der Waals surface area contributed by atoms with Crippen molar-refractivity contribution in [3.8, 4) is 11.1 Å². The van der Waals surface area contributed by atoms with Gasteiger partial charge in [-0.2, -0.15) is 13.2 Å². The summed E-state index contributed by atoms with van der Waals surface area (Å²) in [5, 5.41) is 0. The Morgan fingerprint density at radius 1 is 1.00 bits per heavy atom. The highest BCUT2D eigenvalue weighted by molar-refractivity contribution is 5.86. The number of methoxy groups -OCH3 is 1. The van der Waals surface area contributed by atoms with Crippen molar-refractivity contribution in [3.05, 3.63) is 57.6 Å². The number of ether oxygens (including phenoxy) is 2. The van der Waals surface area contributed by atoms with E-state index >= 15 is 0 Å². The Bertz CT molecular complexity index is 931. The fraction of sp³-hybridized carbons (Fsp3) is 0.381. The van der Waals surface area contributed by atoms with Crippen molar-refractivity contribution < 1.29 is 27.4 Å². The number of alkyl halides is 3. The largest absolute Gasteiger partial charge is 0.467 e. The summed E-state index contributed by atoms with van der Waals surface area (Å²) in [5.74, 6) is -0.859. The number of fused-ring (bicyclic) bond motifs is 3. The molecule has 0 N–H and O–H groups in total. The molecule has 0 fully saturated rings. The van der Waals surface area contributed by atoms with Gasteiger partial charge in [-0.1, -0.05) is 24.3 Å². The van der Waals surface area contributed by atoms with Crippen LogP contribution in [0, 0.1) is 27.7 Å². The minimum Gasteiger partial charge on any atom is -0.467 e. The number of hydrogen-bond donors (Lipinski definition) is 0. The molecule has 2 aromatic carbocycles. The van der Waals surface area contributed by atoms with E-state index in [0.717, 1.165) is 23.8 Å². The van der Waals surface area contributed by atoms with E-state index in [1.54, 1.807) is 25.1 Å². The van der Waals surface area contributed by atoms with Crippen LogP contribution in [-0.2, 0) is 19.9 Å². The Morgan fingerprint density at radius 2 is 1.59 bits per heavy atom.